The molecule has 0 saturated carbocycles. The lowest BCUT2D eigenvalue weighted by Gasteiger charge is -2.19. The SMILES string of the molecule is O=C(OCN1C(=O)c2ccccc2C1=O)[C@H]1CC(=O)N(c2cccc(Cl)c2Cl)C1. The van der Waals surface area contributed by atoms with Crippen LogP contribution in [0.25, 0.3) is 0 Å². The Morgan fingerprint density at radius 3 is 2.31 bits per heavy atom. The first-order valence-corrected chi connectivity index (χ1v) is 9.50. The lowest BCUT2D eigenvalue weighted by molar-refractivity contribution is -0.151. The van der Waals surface area contributed by atoms with E-state index in [2.05, 4.69) is 0 Å². The Hall–Kier alpha value is -2.90. The van der Waals surface area contributed by atoms with Gasteiger partial charge in [0.15, 0.2) is 6.73 Å². The lowest BCUT2D eigenvalue weighted by atomic mass is 10.1. The molecule has 0 bridgehead atoms. The quantitative estimate of drug-likeness (QED) is 0.547. The molecule has 0 aromatic heterocycles. The maximum atomic E-state index is 12.5. The molecule has 9 heteroatoms. The van der Waals surface area contributed by atoms with Crippen molar-refractivity contribution in [1.82, 2.24) is 4.90 Å². The molecule has 29 heavy (non-hydrogen) atoms. The highest BCUT2D eigenvalue weighted by molar-refractivity contribution is 6.44. The van der Waals surface area contributed by atoms with Gasteiger partial charge in [-0.15, -0.1) is 0 Å². The molecule has 4 rings (SSSR count). The van der Waals surface area contributed by atoms with Crippen molar-refractivity contribution in [3.8, 4) is 0 Å². The Kier molecular flexibility index (Phi) is 5.02. The molecule has 1 fully saturated rings. The maximum Gasteiger partial charge on any atom is 0.313 e. The van der Waals surface area contributed by atoms with Crippen molar-refractivity contribution >= 4 is 52.6 Å². The summed E-state index contributed by atoms with van der Waals surface area (Å²) in [6.07, 6.45) is -0.0657. The molecule has 0 unspecified atom stereocenters. The summed E-state index contributed by atoms with van der Waals surface area (Å²) in [6.45, 7) is -0.437. The van der Waals surface area contributed by atoms with Gasteiger partial charge in [0.2, 0.25) is 5.91 Å². The van der Waals surface area contributed by atoms with Crippen molar-refractivity contribution < 1.29 is 23.9 Å². The Bertz CT molecular complexity index is 1020. The van der Waals surface area contributed by atoms with Gasteiger partial charge in [-0.2, -0.15) is 0 Å². The van der Waals surface area contributed by atoms with Crippen LogP contribution in [0.3, 0.4) is 0 Å². The number of esters is 1. The molecular weight excluding hydrogens is 419 g/mol. The number of hydrogen-bond donors (Lipinski definition) is 0. The molecule has 0 N–H and O–H groups in total. The number of ether oxygens (including phenoxy) is 1. The number of benzene rings is 2. The van der Waals surface area contributed by atoms with E-state index in [1.807, 2.05) is 0 Å². The van der Waals surface area contributed by atoms with E-state index in [9.17, 15) is 19.2 Å². The molecule has 0 radical (unpaired) electrons. The van der Waals surface area contributed by atoms with Crippen LogP contribution < -0.4 is 4.90 Å². The second kappa shape index (κ2) is 7.50. The standard InChI is InChI=1S/C20H14Cl2N2O5/c21-14-6-3-7-15(17(14)22)23-9-11(8-16(23)25)20(28)29-10-24-18(26)12-4-1-2-5-13(12)19(24)27/h1-7,11H,8-10H2/t11-/m0/s1. The molecule has 1 atom stereocenters. The van der Waals surface area contributed by atoms with Gasteiger partial charge in [0.05, 0.1) is 32.8 Å². The summed E-state index contributed by atoms with van der Waals surface area (Å²) in [7, 11) is 0. The Morgan fingerprint density at radius 2 is 1.66 bits per heavy atom. The number of carbonyl (C=O) groups is 4. The Labute approximate surface area is 175 Å². The smallest absolute Gasteiger partial charge is 0.313 e. The summed E-state index contributed by atoms with van der Waals surface area (Å²) >= 11 is 12.2. The first-order valence-electron chi connectivity index (χ1n) is 8.74. The monoisotopic (exact) mass is 432 g/mol. The van der Waals surface area contributed by atoms with E-state index < -0.39 is 30.4 Å². The highest BCUT2D eigenvalue weighted by Gasteiger charge is 2.39. The summed E-state index contributed by atoms with van der Waals surface area (Å²) in [5.74, 6) is -2.75. The molecule has 2 aromatic carbocycles. The minimum absolute atomic E-state index is 0.0657. The third-order valence-electron chi connectivity index (χ3n) is 4.89. The van der Waals surface area contributed by atoms with Gasteiger partial charge in [0, 0.05) is 13.0 Å². The predicted octanol–water partition coefficient (Wildman–Crippen LogP) is 3.14. The van der Waals surface area contributed by atoms with Gasteiger partial charge in [-0.25, -0.2) is 4.90 Å². The van der Waals surface area contributed by atoms with Crippen LogP contribution in [0.1, 0.15) is 27.1 Å². The number of anilines is 1. The van der Waals surface area contributed by atoms with E-state index in [0.717, 1.165) is 4.90 Å². The first-order chi connectivity index (χ1) is 13.9. The van der Waals surface area contributed by atoms with Crippen LogP contribution in [0.15, 0.2) is 42.5 Å². The van der Waals surface area contributed by atoms with Crippen LogP contribution in [0, 0.1) is 5.92 Å². The summed E-state index contributed by atoms with van der Waals surface area (Å²) in [5, 5.41) is 0.524. The molecule has 2 heterocycles. The summed E-state index contributed by atoms with van der Waals surface area (Å²) < 4.78 is 5.18. The molecule has 2 aliphatic heterocycles. The van der Waals surface area contributed by atoms with E-state index >= 15 is 0 Å². The topological polar surface area (TPSA) is 84.0 Å². The van der Waals surface area contributed by atoms with Crippen LogP contribution in [-0.4, -0.2) is 41.9 Å². The number of fused-ring (bicyclic) bond motifs is 1. The molecule has 2 aliphatic rings. The molecule has 0 spiro atoms. The van der Waals surface area contributed by atoms with Crippen molar-refractivity contribution in [2.45, 2.75) is 6.42 Å². The summed E-state index contributed by atoms with van der Waals surface area (Å²) in [5.41, 5.74) is 0.956. The van der Waals surface area contributed by atoms with Crippen molar-refractivity contribution in [3.05, 3.63) is 63.6 Å². The van der Waals surface area contributed by atoms with Gasteiger partial charge in [-0.3, -0.25) is 19.2 Å². The van der Waals surface area contributed by atoms with E-state index in [0.29, 0.717) is 10.7 Å². The second-order valence-electron chi connectivity index (χ2n) is 6.65. The number of nitrogens with zero attached hydrogens (tertiary/aromatic N) is 2. The highest BCUT2D eigenvalue weighted by atomic mass is 35.5. The van der Waals surface area contributed by atoms with E-state index in [1.165, 1.54) is 4.90 Å². The third kappa shape index (κ3) is 3.36. The normalized spacial score (nSPS) is 18.4. The van der Waals surface area contributed by atoms with Crippen molar-refractivity contribution in [3.63, 3.8) is 0 Å². The second-order valence-corrected chi connectivity index (χ2v) is 7.44. The Balaban J connectivity index is 1.41. The zero-order valence-electron chi connectivity index (χ0n) is 14.9. The zero-order valence-corrected chi connectivity index (χ0v) is 16.4. The average Bonchev–Trinajstić information content (AvgIpc) is 3.21. The number of rotatable bonds is 4. The predicted molar refractivity (Wildman–Crippen MR) is 105 cm³/mol. The van der Waals surface area contributed by atoms with Gasteiger partial charge in [-0.05, 0) is 24.3 Å². The third-order valence-corrected chi connectivity index (χ3v) is 5.70. The minimum atomic E-state index is -0.743. The fourth-order valence-corrected chi connectivity index (χ4v) is 3.80. The van der Waals surface area contributed by atoms with E-state index in [4.69, 9.17) is 27.9 Å². The highest BCUT2D eigenvalue weighted by Crippen LogP contribution is 2.36. The molecule has 7 nitrogen and oxygen atoms in total. The maximum absolute atomic E-state index is 12.5. The largest absolute Gasteiger partial charge is 0.443 e. The minimum Gasteiger partial charge on any atom is -0.443 e. The van der Waals surface area contributed by atoms with Crippen LogP contribution in [0.2, 0.25) is 10.0 Å². The summed E-state index contributed by atoms with van der Waals surface area (Å²) in [6, 6.07) is 11.3. The van der Waals surface area contributed by atoms with Crippen LogP contribution in [0.4, 0.5) is 5.69 Å². The first kappa shape index (κ1) is 19.4. The van der Waals surface area contributed by atoms with Gasteiger partial charge < -0.3 is 9.64 Å². The fraction of sp³-hybridized carbons (Fsp3) is 0.200. The van der Waals surface area contributed by atoms with Crippen molar-refractivity contribution in [1.29, 1.82) is 0 Å². The van der Waals surface area contributed by atoms with Gasteiger partial charge >= 0.3 is 5.97 Å². The molecule has 148 valence electrons. The number of amides is 3. The van der Waals surface area contributed by atoms with Gasteiger partial charge in [-0.1, -0.05) is 41.4 Å². The Morgan fingerprint density at radius 1 is 1.00 bits per heavy atom. The van der Waals surface area contributed by atoms with Gasteiger partial charge in [0.25, 0.3) is 11.8 Å². The van der Waals surface area contributed by atoms with Gasteiger partial charge in [0.1, 0.15) is 0 Å². The fourth-order valence-electron chi connectivity index (χ4n) is 3.40. The number of carbonyl (C=O) groups excluding carboxylic acids is 4. The van der Waals surface area contributed by atoms with Crippen LogP contribution >= 0.6 is 23.2 Å². The molecule has 3 amide bonds. The van der Waals surface area contributed by atoms with Crippen molar-refractivity contribution in [2.24, 2.45) is 5.92 Å². The molecule has 1 saturated heterocycles. The number of halogens is 2. The van der Waals surface area contributed by atoms with Crippen molar-refractivity contribution in [2.75, 3.05) is 18.2 Å². The van der Waals surface area contributed by atoms with Crippen LogP contribution in [-0.2, 0) is 14.3 Å². The van der Waals surface area contributed by atoms with E-state index in [-0.39, 0.29) is 35.0 Å². The molecule has 2 aromatic rings. The molecular formula is C20H14Cl2N2O5. The molecule has 0 aliphatic carbocycles. The van der Waals surface area contributed by atoms with E-state index in [1.54, 1.807) is 42.5 Å². The number of imide groups is 1. The van der Waals surface area contributed by atoms with Crippen LogP contribution in [0.5, 0.6) is 0 Å². The number of hydrogen-bond acceptors (Lipinski definition) is 5. The lowest BCUT2D eigenvalue weighted by Crippen LogP contribution is -2.35. The summed E-state index contributed by atoms with van der Waals surface area (Å²) in [4.78, 5) is 51.7. The zero-order chi connectivity index (χ0) is 20.7. The average molecular weight is 433 g/mol.